The lowest BCUT2D eigenvalue weighted by atomic mass is 10.1. The number of ether oxygens (including phenoxy) is 2. The van der Waals surface area contributed by atoms with E-state index >= 15 is 0 Å². The zero-order valence-electron chi connectivity index (χ0n) is 14.1. The minimum atomic E-state index is -5.08. The predicted molar refractivity (Wildman–Crippen MR) is 77.0 cm³/mol. The van der Waals surface area contributed by atoms with Crippen LogP contribution >= 0.6 is 0 Å². The van der Waals surface area contributed by atoms with Gasteiger partial charge in [0.1, 0.15) is 0 Å². The number of rotatable bonds is 5. The maximum atomic E-state index is 11.5. The SMILES string of the molecule is COC(=O)[C@H](NC(=O)CN)[C@H](C)OC(C)(C)C.O=C(O)C(F)(F)F. The quantitative estimate of drug-likeness (QED) is 0.607. The van der Waals surface area contributed by atoms with Gasteiger partial charge in [0, 0.05) is 0 Å². The van der Waals surface area contributed by atoms with Crippen LogP contribution in [0.15, 0.2) is 0 Å². The number of alkyl halides is 3. The first kappa shape index (κ1) is 24.4. The van der Waals surface area contributed by atoms with E-state index in [2.05, 4.69) is 10.1 Å². The van der Waals surface area contributed by atoms with Crippen molar-refractivity contribution in [3.8, 4) is 0 Å². The Morgan fingerprint density at radius 2 is 1.62 bits per heavy atom. The van der Waals surface area contributed by atoms with Crippen LogP contribution in [0.2, 0.25) is 0 Å². The van der Waals surface area contributed by atoms with Crippen LogP contribution in [-0.2, 0) is 23.9 Å². The van der Waals surface area contributed by atoms with Gasteiger partial charge in [0.2, 0.25) is 5.91 Å². The summed E-state index contributed by atoms with van der Waals surface area (Å²) in [5, 5.41) is 9.60. The highest BCUT2D eigenvalue weighted by Gasteiger charge is 2.38. The van der Waals surface area contributed by atoms with Gasteiger partial charge in [-0.3, -0.25) is 4.79 Å². The number of methoxy groups -OCH3 is 1. The topological polar surface area (TPSA) is 128 Å². The van der Waals surface area contributed by atoms with E-state index in [4.69, 9.17) is 20.4 Å². The number of aliphatic carboxylic acids is 1. The summed E-state index contributed by atoms with van der Waals surface area (Å²) in [5.74, 6) is -3.74. The van der Waals surface area contributed by atoms with Gasteiger partial charge in [-0.2, -0.15) is 13.2 Å². The van der Waals surface area contributed by atoms with E-state index in [1.54, 1.807) is 6.92 Å². The molecule has 4 N–H and O–H groups in total. The second kappa shape index (κ2) is 10.1. The molecule has 1 amide bonds. The van der Waals surface area contributed by atoms with Gasteiger partial charge in [-0.15, -0.1) is 0 Å². The van der Waals surface area contributed by atoms with Crippen LogP contribution in [0, 0.1) is 0 Å². The molecule has 2 atom stereocenters. The van der Waals surface area contributed by atoms with Gasteiger partial charge in [-0.25, -0.2) is 9.59 Å². The summed E-state index contributed by atoms with van der Waals surface area (Å²) in [6.45, 7) is 7.10. The smallest absolute Gasteiger partial charge is 0.475 e. The van der Waals surface area contributed by atoms with Crippen LogP contribution in [0.3, 0.4) is 0 Å². The van der Waals surface area contributed by atoms with Gasteiger partial charge >= 0.3 is 18.1 Å². The summed E-state index contributed by atoms with van der Waals surface area (Å²) < 4.78 is 42.0. The average Bonchev–Trinajstić information content (AvgIpc) is 2.41. The van der Waals surface area contributed by atoms with Gasteiger partial charge in [-0.1, -0.05) is 0 Å². The second-order valence-electron chi connectivity index (χ2n) is 5.51. The largest absolute Gasteiger partial charge is 0.490 e. The van der Waals surface area contributed by atoms with Gasteiger partial charge in [-0.05, 0) is 27.7 Å². The average molecular weight is 360 g/mol. The lowest BCUT2D eigenvalue weighted by Crippen LogP contribution is -2.52. The summed E-state index contributed by atoms with van der Waals surface area (Å²) in [6, 6.07) is -0.852. The Bertz CT molecular complexity index is 434. The molecule has 142 valence electrons. The van der Waals surface area contributed by atoms with Crippen molar-refractivity contribution in [3.63, 3.8) is 0 Å². The summed E-state index contributed by atoms with van der Waals surface area (Å²) >= 11 is 0. The molecule has 0 radical (unpaired) electrons. The lowest BCUT2D eigenvalue weighted by molar-refractivity contribution is -0.192. The summed E-state index contributed by atoms with van der Waals surface area (Å²) in [7, 11) is 1.26. The molecule has 0 aromatic rings. The molecule has 0 aliphatic carbocycles. The monoisotopic (exact) mass is 360 g/mol. The van der Waals surface area contributed by atoms with Crippen molar-refractivity contribution in [2.24, 2.45) is 5.73 Å². The molecule has 0 saturated heterocycles. The molecule has 0 bridgehead atoms. The highest BCUT2D eigenvalue weighted by atomic mass is 19.4. The van der Waals surface area contributed by atoms with Crippen LogP contribution in [0.4, 0.5) is 13.2 Å². The third kappa shape index (κ3) is 11.7. The minimum absolute atomic E-state index is 0.185. The van der Waals surface area contributed by atoms with E-state index in [1.165, 1.54) is 7.11 Å². The molecule has 0 heterocycles. The number of hydrogen-bond donors (Lipinski definition) is 3. The first-order valence-electron chi connectivity index (χ1n) is 6.70. The zero-order valence-corrected chi connectivity index (χ0v) is 14.1. The molecule has 8 nitrogen and oxygen atoms in total. The molecule has 0 saturated carbocycles. The Morgan fingerprint density at radius 1 is 1.21 bits per heavy atom. The third-order valence-corrected chi connectivity index (χ3v) is 2.21. The van der Waals surface area contributed by atoms with Crippen LogP contribution < -0.4 is 11.1 Å². The van der Waals surface area contributed by atoms with Crippen molar-refractivity contribution in [2.45, 2.75) is 51.6 Å². The van der Waals surface area contributed by atoms with Gasteiger partial charge < -0.3 is 25.6 Å². The van der Waals surface area contributed by atoms with Gasteiger partial charge in [0.25, 0.3) is 0 Å². The van der Waals surface area contributed by atoms with Crippen LogP contribution in [-0.4, -0.2) is 60.5 Å². The second-order valence-corrected chi connectivity index (χ2v) is 5.51. The molecule has 0 unspecified atom stereocenters. The maximum absolute atomic E-state index is 11.5. The normalized spacial score (nSPS) is 13.9. The Kier molecular flexibility index (Phi) is 10.2. The predicted octanol–water partition coefficient (Wildman–Crippen LogP) is 0.440. The number of nitrogens with one attached hydrogen (secondary N) is 1. The van der Waals surface area contributed by atoms with E-state index < -0.39 is 41.8 Å². The van der Waals surface area contributed by atoms with Crippen molar-refractivity contribution >= 4 is 17.8 Å². The number of carbonyl (C=O) groups excluding carboxylic acids is 2. The minimum Gasteiger partial charge on any atom is -0.475 e. The summed E-state index contributed by atoms with van der Waals surface area (Å²) in [4.78, 5) is 31.6. The number of hydrogen-bond acceptors (Lipinski definition) is 6. The molecular formula is C13H23F3N2O6. The number of carboxylic acids is 1. The highest BCUT2D eigenvalue weighted by Crippen LogP contribution is 2.14. The molecule has 0 aliphatic heterocycles. The highest BCUT2D eigenvalue weighted by molar-refractivity contribution is 5.85. The molecule has 11 heteroatoms. The summed E-state index contributed by atoms with van der Waals surface area (Å²) in [5.41, 5.74) is 4.77. The molecule has 0 aliphatic rings. The first-order valence-corrected chi connectivity index (χ1v) is 6.70. The van der Waals surface area contributed by atoms with Gasteiger partial charge in [0.15, 0.2) is 6.04 Å². The van der Waals surface area contributed by atoms with E-state index in [1.807, 2.05) is 20.8 Å². The fourth-order valence-electron chi connectivity index (χ4n) is 1.35. The van der Waals surface area contributed by atoms with Crippen molar-refractivity contribution in [1.29, 1.82) is 0 Å². The Balaban J connectivity index is 0. The molecular weight excluding hydrogens is 337 g/mol. The summed E-state index contributed by atoms with van der Waals surface area (Å²) in [6.07, 6.45) is -5.59. The molecule has 0 aromatic heterocycles. The Hall–Kier alpha value is -1.88. The standard InChI is InChI=1S/C11H22N2O4.C2HF3O2/c1-7(17-11(2,3)4)9(10(15)16-5)13-8(14)6-12;3-2(4,5)1(6)7/h7,9H,6,12H2,1-5H3,(H,13,14);(H,6,7)/t7-,9+;/m0./s1. The number of halogens is 3. The fraction of sp³-hybridized carbons (Fsp3) is 0.769. The van der Waals surface area contributed by atoms with E-state index in [0.29, 0.717) is 0 Å². The van der Waals surface area contributed by atoms with E-state index in [0.717, 1.165) is 0 Å². The molecule has 0 aromatic carbocycles. The molecule has 0 fully saturated rings. The number of carbonyl (C=O) groups is 3. The number of amides is 1. The number of esters is 1. The zero-order chi connectivity index (χ0) is 19.7. The molecule has 0 spiro atoms. The van der Waals surface area contributed by atoms with Crippen LogP contribution in [0.25, 0.3) is 0 Å². The number of nitrogens with two attached hydrogens (primary N) is 1. The van der Waals surface area contributed by atoms with Crippen molar-refractivity contribution in [2.75, 3.05) is 13.7 Å². The lowest BCUT2D eigenvalue weighted by Gasteiger charge is -2.29. The maximum Gasteiger partial charge on any atom is 0.490 e. The van der Waals surface area contributed by atoms with E-state index in [-0.39, 0.29) is 6.54 Å². The first-order chi connectivity index (χ1) is 10.7. The molecule has 24 heavy (non-hydrogen) atoms. The van der Waals surface area contributed by atoms with E-state index in [9.17, 15) is 22.8 Å². The van der Waals surface area contributed by atoms with Crippen molar-refractivity contribution in [1.82, 2.24) is 5.32 Å². The fourth-order valence-corrected chi connectivity index (χ4v) is 1.35. The Morgan fingerprint density at radius 3 is 1.88 bits per heavy atom. The molecule has 0 rings (SSSR count). The van der Waals surface area contributed by atoms with Crippen LogP contribution in [0.1, 0.15) is 27.7 Å². The van der Waals surface area contributed by atoms with Gasteiger partial charge in [0.05, 0.1) is 25.4 Å². The Labute approximate surface area is 137 Å². The van der Waals surface area contributed by atoms with Crippen molar-refractivity contribution in [3.05, 3.63) is 0 Å². The van der Waals surface area contributed by atoms with Crippen molar-refractivity contribution < 1.29 is 42.1 Å². The third-order valence-electron chi connectivity index (χ3n) is 2.21. The number of carboxylic acid groups (broad SMARTS) is 1. The van der Waals surface area contributed by atoms with Crippen LogP contribution in [0.5, 0.6) is 0 Å².